The zero-order chi connectivity index (χ0) is 14.7. The molecule has 0 bridgehead atoms. The Morgan fingerprint density at radius 2 is 2.00 bits per heavy atom. The van der Waals surface area contributed by atoms with Gasteiger partial charge in [0.05, 0.1) is 13.0 Å². The Balaban J connectivity index is 1.89. The highest BCUT2D eigenvalue weighted by atomic mass is 16.5. The zero-order valence-corrected chi connectivity index (χ0v) is 11.5. The molecule has 0 radical (unpaired) electrons. The average Bonchev–Trinajstić information content (AvgIpc) is 3.06. The van der Waals surface area contributed by atoms with Crippen LogP contribution in [0.4, 0.5) is 4.79 Å². The molecule has 112 valence electrons. The second-order valence-corrected chi connectivity index (χ2v) is 5.37. The number of esters is 1. The van der Waals surface area contributed by atoms with Gasteiger partial charge in [-0.3, -0.25) is 4.79 Å². The number of hydrogen-bond donors (Lipinski definition) is 2. The predicted octanol–water partition coefficient (Wildman–Crippen LogP) is 0.587. The summed E-state index contributed by atoms with van der Waals surface area (Å²) < 4.78 is 4.69. The maximum Gasteiger partial charge on any atom is 0.328 e. The number of aliphatic carboxylic acids is 1. The Hall–Kier alpha value is -1.79. The highest BCUT2D eigenvalue weighted by Crippen LogP contribution is 2.26. The van der Waals surface area contributed by atoms with E-state index >= 15 is 0 Å². The van der Waals surface area contributed by atoms with Gasteiger partial charge in [-0.15, -0.1) is 0 Å². The molecule has 0 aromatic rings. The van der Waals surface area contributed by atoms with E-state index in [1.165, 1.54) is 12.0 Å². The number of carboxylic acid groups (broad SMARTS) is 1. The molecule has 2 amide bonds. The number of carboxylic acids is 1. The Labute approximate surface area is 117 Å². The van der Waals surface area contributed by atoms with Gasteiger partial charge in [-0.2, -0.15) is 0 Å². The van der Waals surface area contributed by atoms with E-state index in [2.05, 4.69) is 5.32 Å². The van der Waals surface area contributed by atoms with Crippen LogP contribution in [0.1, 0.15) is 32.1 Å². The van der Waals surface area contributed by atoms with Crippen LogP contribution in [0.25, 0.3) is 0 Å². The van der Waals surface area contributed by atoms with E-state index in [0.717, 1.165) is 6.42 Å². The number of carbonyl (C=O) groups excluding carboxylic acids is 2. The highest BCUT2D eigenvalue weighted by molar-refractivity contribution is 5.84. The number of carbonyl (C=O) groups is 3. The second-order valence-electron chi connectivity index (χ2n) is 5.37. The minimum atomic E-state index is -0.810. The first-order valence-corrected chi connectivity index (χ1v) is 6.90. The summed E-state index contributed by atoms with van der Waals surface area (Å²) in [5, 5.41) is 11.8. The SMILES string of the molecule is COC(=O)C1CCCN1C(=O)NC1CCC(C(=O)O)C1. The van der Waals surface area contributed by atoms with Crippen molar-refractivity contribution in [1.82, 2.24) is 10.2 Å². The van der Waals surface area contributed by atoms with E-state index in [9.17, 15) is 14.4 Å². The van der Waals surface area contributed by atoms with Gasteiger partial charge in [0.25, 0.3) is 0 Å². The monoisotopic (exact) mass is 284 g/mol. The summed E-state index contributed by atoms with van der Waals surface area (Å²) in [7, 11) is 1.31. The molecule has 2 rings (SSSR count). The number of amides is 2. The standard InChI is InChI=1S/C13H20N2O5/c1-20-12(18)10-3-2-6-15(10)13(19)14-9-5-4-8(7-9)11(16)17/h8-10H,2-7H2,1H3,(H,14,19)(H,16,17). The molecule has 20 heavy (non-hydrogen) atoms. The number of nitrogens with zero attached hydrogens (tertiary/aromatic N) is 1. The number of ether oxygens (including phenoxy) is 1. The van der Waals surface area contributed by atoms with Crippen LogP contribution in [0.15, 0.2) is 0 Å². The quantitative estimate of drug-likeness (QED) is 0.739. The molecule has 3 atom stereocenters. The van der Waals surface area contributed by atoms with Crippen molar-refractivity contribution in [1.29, 1.82) is 0 Å². The van der Waals surface area contributed by atoms with Crippen molar-refractivity contribution in [2.45, 2.75) is 44.2 Å². The third-order valence-corrected chi connectivity index (χ3v) is 4.10. The first-order valence-electron chi connectivity index (χ1n) is 6.90. The molecule has 0 aromatic heterocycles. The van der Waals surface area contributed by atoms with E-state index in [1.54, 1.807) is 0 Å². The maximum atomic E-state index is 12.2. The van der Waals surface area contributed by atoms with Gasteiger partial charge in [-0.25, -0.2) is 9.59 Å². The van der Waals surface area contributed by atoms with E-state index in [-0.39, 0.29) is 18.0 Å². The number of hydrogen-bond acceptors (Lipinski definition) is 4. The normalized spacial score (nSPS) is 29.2. The van der Waals surface area contributed by atoms with Gasteiger partial charge in [-0.05, 0) is 32.1 Å². The van der Waals surface area contributed by atoms with Crippen LogP contribution in [0, 0.1) is 5.92 Å². The summed E-state index contributed by atoms with van der Waals surface area (Å²) in [5.41, 5.74) is 0. The van der Waals surface area contributed by atoms with Gasteiger partial charge in [0.1, 0.15) is 6.04 Å². The third kappa shape index (κ3) is 3.02. The molecular formula is C13H20N2O5. The molecule has 7 nitrogen and oxygen atoms in total. The molecule has 0 aromatic carbocycles. The summed E-state index contributed by atoms with van der Waals surface area (Å²) in [6.45, 7) is 0.528. The lowest BCUT2D eigenvalue weighted by molar-refractivity contribution is -0.145. The Bertz CT molecular complexity index is 412. The summed E-state index contributed by atoms with van der Waals surface area (Å²) in [5.74, 6) is -1.59. The summed E-state index contributed by atoms with van der Waals surface area (Å²) in [6.07, 6.45) is 3.09. The van der Waals surface area contributed by atoms with Crippen LogP contribution >= 0.6 is 0 Å². The first kappa shape index (κ1) is 14.6. The fourth-order valence-corrected chi connectivity index (χ4v) is 2.99. The van der Waals surface area contributed by atoms with E-state index in [1.807, 2.05) is 0 Å². The molecule has 1 heterocycles. The molecule has 2 fully saturated rings. The van der Waals surface area contributed by atoms with Crippen molar-refractivity contribution in [3.05, 3.63) is 0 Å². The van der Waals surface area contributed by atoms with Crippen LogP contribution in [0.3, 0.4) is 0 Å². The van der Waals surface area contributed by atoms with Gasteiger partial charge in [0.15, 0.2) is 0 Å². The fourth-order valence-electron chi connectivity index (χ4n) is 2.99. The molecule has 1 saturated heterocycles. The van der Waals surface area contributed by atoms with Crippen LogP contribution in [-0.4, -0.2) is 53.7 Å². The molecule has 1 aliphatic heterocycles. The summed E-state index contributed by atoms with van der Waals surface area (Å²) >= 11 is 0. The second kappa shape index (κ2) is 6.11. The number of urea groups is 1. The lowest BCUT2D eigenvalue weighted by atomic mass is 10.1. The number of nitrogens with one attached hydrogen (secondary N) is 1. The zero-order valence-electron chi connectivity index (χ0n) is 11.5. The van der Waals surface area contributed by atoms with Gasteiger partial charge < -0.3 is 20.1 Å². The molecule has 2 aliphatic rings. The van der Waals surface area contributed by atoms with Gasteiger partial charge in [0.2, 0.25) is 0 Å². The lowest BCUT2D eigenvalue weighted by Gasteiger charge is -2.25. The average molecular weight is 284 g/mol. The van der Waals surface area contributed by atoms with Crippen molar-refractivity contribution < 1.29 is 24.2 Å². The van der Waals surface area contributed by atoms with E-state index in [0.29, 0.717) is 32.2 Å². The molecule has 7 heteroatoms. The van der Waals surface area contributed by atoms with Crippen LogP contribution in [0.2, 0.25) is 0 Å². The number of methoxy groups -OCH3 is 1. The molecule has 0 spiro atoms. The first-order chi connectivity index (χ1) is 9.52. The van der Waals surface area contributed by atoms with E-state index in [4.69, 9.17) is 9.84 Å². The highest BCUT2D eigenvalue weighted by Gasteiger charge is 2.37. The van der Waals surface area contributed by atoms with Crippen molar-refractivity contribution in [2.24, 2.45) is 5.92 Å². The van der Waals surface area contributed by atoms with E-state index < -0.39 is 18.0 Å². The number of rotatable bonds is 3. The Morgan fingerprint density at radius 3 is 2.60 bits per heavy atom. The topological polar surface area (TPSA) is 95.9 Å². The third-order valence-electron chi connectivity index (χ3n) is 4.10. The van der Waals surface area contributed by atoms with Gasteiger partial charge in [0, 0.05) is 12.6 Å². The Morgan fingerprint density at radius 1 is 1.25 bits per heavy atom. The molecule has 1 aliphatic carbocycles. The fraction of sp³-hybridized carbons (Fsp3) is 0.769. The minimum absolute atomic E-state index is 0.123. The van der Waals surface area contributed by atoms with Gasteiger partial charge >= 0.3 is 18.0 Å². The molecule has 1 saturated carbocycles. The van der Waals surface area contributed by atoms with Crippen molar-refractivity contribution in [2.75, 3.05) is 13.7 Å². The number of likely N-dealkylation sites (tertiary alicyclic amines) is 1. The van der Waals surface area contributed by atoms with Crippen molar-refractivity contribution >= 4 is 18.0 Å². The largest absolute Gasteiger partial charge is 0.481 e. The van der Waals surface area contributed by atoms with Crippen molar-refractivity contribution in [3.8, 4) is 0 Å². The smallest absolute Gasteiger partial charge is 0.328 e. The molecule has 3 unspecified atom stereocenters. The lowest BCUT2D eigenvalue weighted by Crippen LogP contribution is -2.48. The van der Waals surface area contributed by atoms with Gasteiger partial charge in [-0.1, -0.05) is 0 Å². The van der Waals surface area contributed by atoms with Crippen LogP contribution in [0.5, 0.6) is 0 Å². The van der Waals surface area contributed by atoms with Crippen molar-refractivity contribution in [3.63, 3.8) is 0 Å². The maximum absolute atomic E-state index is 12.2. The Kier molecular flexibility index (Phi) is 4.46. The molecule has 2 N–H and O–H groups in total. The molecular weight excluding hydrogens is 264 g/mol. The van der Waals surface area contributed by atoms with Crippen LogP contribution in [-0.2, 0) is 14.3 Å². The van der Waals surface area contributed by atoms with Crippen LogP contribution < -0.4 is 5.32 Å². The summed E-state index contributed by atoms with van der Waals surface area (Å²) in [4.78, 5) is 36.1. The summed E-state index contributed by atoms with van der Waals surface area (Å²) in [6, 6.07) is -0.937. The predicted molar refractivity (Wildman–Crippen MR) is 69.0 cm³/mol. The minimum Gasteiger partial charge on any atom is -0.481 e.